The number of rotatable bonds is 9. The third-order valence-electron chi connectivity index (χ3n) is 5.73. The van der Waals surface area contributed by atoms with Gasteiger partial charge in [-0.05, 0) is 47.7 Å². The van der Waals surface area contributed by atoms with Crippen molar-refractivity contribution in [3.8, 4) is 11.5 Å². The van der Waals surface area contributed by atoms with Crippen LogP contribution >= 0.6 is 11.3 Å². The van der Waals surface area contributed by atoms with Crippen LogP contribution in [0.1, 0.15) is 33.8 Å². The molecule has 7 nitrogen and oxygen atoms in total. The molecule has 2 unspecified atom stereocenters. The highest BCUT2D eigenvalue weighted by Crippen LogP contribution is 2.30. The number of benzene rings is 2. The predicted molar refractivity (Wildman–Crippen MR) is 134 cm³/mol. The number of carbonyl (C=O) groups excluding carboxylic acids is 2. The second kappa shape index (κ2) is 10.4. The third-order valence-corrected chi connectivity index (χ3v) is 6.60. The molecule has 0 radical (unpaired) electrons. The van der Waals surface area contributed by atoms with Crippen LogP contribution in [0, 0.1) is 0 Å². The van der Waals surface area contributed by atoms with Crippen molar-refractivity contribution >= 4 is 34.1 Å². The summed E-state index contributed by atoms with van der Waals surface area (Å²) in [4.78, 5) is 30.0. The SMILES string of the molecule is COc1ccc(C(C)NC(=O)C(Cc2c[nH]c3ccccc23)NC(=O)c2cccs2)cc1OC. The first-order valence-corrected chi connectivity index (χ1v) is 11.8. The molecule has 2 heterocycles. The van der Waals surface area contributed by atoms with Crippen molar-refractivity contribution in [3.63, 3.8) is 0 Å². The monoisotopic (exact) mass is 477 g/mol. The van der Waals surface area contributed by atoms with Crippen LogP contribution in [-0.4, -0.2) is 37.1 Å². The molecule has 4 rings (SSSR count). The fourth-order valence-corrected chi connectivity index (χ4v) is 4.51. The number of fused-ring (bicyclic) bond motifs is 1. The van der Waals surface area contributed by atoms with E-state index in [1.165, 1.54) is 11.3 Å². The van der Waals surface area contributed by atoms with E-state index >= 15 is 0 Å². The van der Waals surface area contributed by atoms with Crippen molar-refractivity contribution in [1.82, 2.24) is 15.6 Å². The summed E-state index contributed by atoms with van der Waals surface area (Å²) < 4.78 is 10.7. The minimum atomic E-state index is -0.753. The second-order valence-corrected chi connectivity index (χ2v) is 8.86. The summed E-state index contributed by atoms with van der Waals surface area (Å²) in [6.45, 7) is 1.89. The van der Waals surface area contributed by atoms with Gasteiger partial charge in [-0.1, -0.05) is 30.3 Å². The lowest BCUT2D eigenvalue weighted by Crippen LogP contribution is -2.48. The second-order valence-electron chi connectivity index (χ2n) is 7.91. The van der Waals surface area contributed by atoms with E-state index in [-0.39, 0.29) is 17.9 Å². The number of para-hydroxylation sites is 1. The van der Waals surface area contributed by atoms with E-state index in [1.54, 1.807) is 26.4 Å². The summed E-state index contributed by atoms with van der Waals surface area (Å²) in [6.07, 6.45) is 2.24. The first-order chi connectivity index (χ1) is 16.5. The number of H-pyrrole nitrogens is 1. The van der Waals surface area contributed by atoms with E-state index in [0.29, 0.717) is 22.8 Å². The van der Waals surface area contributed by atoms with E-state index in [0.717, 1.165) is 22.0 Å². The van der Waals surface area contributed by atoms with Crippen LogP contribution in [0.25, 0.3) is 10.9 Å². The zero-order valence-electron chi connectivity index (χ0n) is 19.3. The van der Waals surface area contributed by atoms with Crippen LogP contribution in [0.15, 0.2) is 66.2 Å². The first kappa shape index (κ1) is 23.4. The van der Waals surface area contributed by atoms with Gasteiger partial charge in [-0.3, -0.25) is 9.59 Å². The van der Waals surface area contributed by atoms with E-state index in [1.807, 2.05) is 61.0 Å². The van der Waals surface area contributed by atoms with Crippen molar-refractivity contribution in [2.45, 2.75) is 25.4 Å². The Morgan fingerprint density at radius 3 is 2.53 bits per heavy atom. The molecular formula is C26H27N3O4S. The lowest BCUT2D eigenvalue weighted by Gasteiger charge is -2.22. The number of carbonyl (C=O) groups is 2. The summed E-state index contributed by atoms with van der Waals surface area (Å²) in [5.74, 6) is 0.666. The average molecular weight is 478 g/mol. The van der Waals surface area contributed by atoms with Crippen LogP contribution in [-0.2, 0) is 11.2 Å². The summed E-state index contributed by atoms with van der Waals surface area (Å²) in [6, 6.07) is 15.9. The molecule has 0 saturated carbocycles. The Kier molecular flexibility index (Phi) is 7.18. The Bertz CT molecular complexity index is 1280. The van der Waals surface area contributed by atoms with Crippen LogP contribution < -0.4 is 20.1 Å². The Labute approximate surface area is 202 Å². The Hall–Kier alpha value is -3.78. The molecule has 2 atom stereocenters. The minimum Gasteiger partial charge on any atom is -0.493 e. The van der Waals surface area contributed by atoms with Gasteiger partial charge in [0, 0.05) is 23.5 Å². The quantitative estimate of drug-likeness (QED) is 0.332. The number of amides is 2. The largest absolute Gasteiger partial charge is 0.493 e. The van der Waals surface area contributed by atoms with E-state index in [9.17, 15) is 9.59 Å². The molecule has 4 aromatic rings. The molecule has 0 bridgehead atoms. The molecule has 2 aromatic carbocycles. The standard InChI is InChI=1S/C26H27N3O4S/c1-16(17-10-11-22(32-2)23(14-17)33-3)28-25(30)21(29-26(31)24-9-6-12-34-24)13-18-15-27-20-8-5-4-7-19(18)20/h4-12,14-16,21,27H,13H2,1-3H3,(H,28,30)(H,29,31). The predicted octanol–water partition coefficient (Wildman–Crippen LogP) is 4.47. The first-order valence-electron chi connectivity index (χ1n) is 10.9. The lowest BCUT2D eigenvalue weighted by atomic mass is 10.0. The van der Waals surface area contributed by atoms with E-state index in [4.69, 9.17) is 9.47 Å². The molecule has 176 valence electrons. The van der Waals surface area contributed by atoms with Gasteiger partial charge in [0.25, 0.3) is 5.91 Å². The number of hydrogen-bond donors (Lipinski definition) is 3. The number of nitrogens with one attached hydrogen (secondary N) is 3. The molecular weight excluding hydrogens is 450 g/mol. The van der Waals surface area contributed by atoms with Crippen molar-refractivity contribution in [1.29, 1.82) is 0 Å². The maximum Gasteiger partial charge on any atom is 0.262 e. The summed E-state index contributed by atoms with van der Waals surface area (Å²) in [5.41, 5.74) is 2.81. The van der Waals surface area contributed by atoms with Crippen LogP contribution in [0.3, 0.4) is 0 Å². The van der Waals surface area contributed by atoms with Crippen molar-refractivity contribution in [3.05, 3.63) is 82.2 Å². The molecule has 8 heteroatoms. The molecule has 34 heavy (non-hydrogen) atoms. The maximum absolute atomic E-state index is 13.4. The Morgan fingerprint density at radius 2 is 1.79 bits per heavy atom. The molecule has 0 fully saturated rings. The van der Waals surface area contributed by atoms with Gasteiger partial charge in [-0.2, -0.15) is 0 Å². The highest BCUT2D eigenvalue weighted by Gasteiger charge is 2.25. The molecule has 0 saturated heterocycles. The number of thiophene rings is 1. The summed E-state index contributed by atoms with van der Waals surface area (Å²) in [7, 11) is 3.15. The Balaban J connectivity index is 1.56. The van der Waals surface area contributed by atoms with Crippen molar-refractivity contribution in [2.24, 2.45) is 0 Å². The fraction of sp³-hybridized carbons (Fsp3) is 0.231. The Morgan fingerprint density at radius 1 is 1.00 bits per heavy atom. The zero-order valence-corrected chi connectivity index (χ0v) is 20.1. The van der Waals surface area contributed by atoms with Gasteiger partial charge in [0.2, 0.25) is 5.91 Å². The van der Waals surface area contributed by atoms with Gasteiger partial charge < -0.3 is 25.1 Å². The smallest absolute Gasteiger partial charge is 0.262 e. The van der Waals surface area contributed by atoms with Crippen LogP contribution in [0.4, 0.5) is 0 Å². The number of aromatic amines is 1. The molecule has 2 amide bonds. The van der Waals surface area contributed by atoms with Gasteiger partial charge in [-0.15, -0.1) is 11.3 Å². The molecule has 2 aromatic heterocycles. The van der Waals surface area contributed by atoms with Crippen LogP contribution in [0.2, 0.25) is 0 Å². The van der Waals surface area contributed by atoms with Crippen LogP contribution in [0.5, 0.6) is 11.5 Å². The number of aromatic nitrogens is 1. The summed E-state index contributed by atoms with van der Waals surface area (Å²) >= 11 is 1.34. The average Bonchev–Trinajstić information content (AvgIpc) is 3.54. The molecule has 3 N–H and O–H groups in total. The minimum absolute atomic E-state index is 0.266. The lowest BCUT2D eigenvalue weighted by molar-refractivity contribution is -0.123. The maximum atomic E-state index is 13.4. The zero-order chi connectivity index (χ0) is 24.1. The van der Waals surface area contributed by atoms with Gasteiger partial charge >= 0.3 is 0 Å². The molecule has 0 spiro atoms. The van der Waals surface area contributed by atoms with Gasteiger partial charge in [0.05, 0.1) is 25.1 Å². The summed E-state index contributed by atoms with van der Waals surface area (Å²) in [5, 5.41) is 8.82. The molecule has 0 aliphatic heterocycles. The fourth-order valence-electron chi connectivity index (χ4n) is 3.89. The van der Waals surface area contributed by atoms with Gasteiger partial charge in [0.15, 0.2) is 11.5 Å². The van der Waals surface area contributed by atoms with Gasteiger partial charge in [-0.25, -0.2) is 0 Å². The topological polar surface area (TPSA) is 92.5 Å². The molecule has 0 aliphatic carbocycles. The number of hydrogen-bond acceptors (Lipinski definition) is 5. The van der Waals surface area contributed by atoms with Gasteiger partial charge in [0.1, 0.15) is 6.04 Å². The van der Waals surface area contributed by atoms with E-state index in [2.05, 4.69) is 15.6 Å². The number of methoxy groups -OCH3 is 2. The van der Waals surface area contributed by atoms with E-state index < -0.39 is 6.04 Å². The highest BCUT2D eigenvalue weighted by atomic mass is 32.1. The third kappa shape index (κ3) is 5.07. The van der Waals surface area contributed by atoms with Crippen molar-refractivity contribution in [2.75, 3.05) is 14.2 Å². The normalized spacial score (nSPS) is 12.7. The highest BCUT2D eigenvalue weighted by molar-refractivity contribution is 7.12. The van der Waals surface area contributed by atoms with Crippen molar-refractivity contribution < 1.29 is 19.1 Å². The molecule has 0 aliphatic rings. The number of ether oxygens (including phenoxy) is 2.